The van der Waals surface area contributed by atoms with Crippen LogP contribution < -0.4 is 10.1 Å². The topological polar surface area (TPSA) is 55.4 Å². The standard InChI is InChI=1S/C18H17Cl2NO3/c1-10-8-17(16(20)9-15(10)19)24-12(3)18(23)21-14-6-4-13(5-7-14)11(2)22/h4-9,12H,1-3H3,(H,21,23). The van der Waals surface area contributed by atoms with Crippen molar-refractivity contribution in [3.05, 3.63) is 57.6 Å². The third-order valence-corrected chi connectivity index (χ3v) is 4.15. The number of amides is 1. The molecular formula is C18H17Cl2NO3. The van der Waals surface area contributed by atoms with Crippen LogP contribution in [0.2, 0.25) is 10.0 Å². The van der Waals surface area contributed by atoms with E-state index in [1.807, 2.05) is 6.92 Å². The molecule has 0 bridgehead atoms. The zero-order chi connectivity index (χ0) is 17.9. The van der Waals surface area contributed by atoms with Crippen molar-refractivity contribution >= 4 is 40.6 Å². The number of ether oxygens (including phenoxy) is 1. The number of hydrogen-bond acceptors (Lipinski definition) is 3. The lowest BCUT2D eigenvalue weighted by Crippen LogP contribution is -2.30. The summed E-state index contributed by atoms with van der Waals surface area (Å²) in [6, 6.07) is 9.92. The predicted octanol–water partition coefficient (Wildman–Crippen LogP) is 4.91. The highest BCUT2D eigenvalue weighted by Crippen LogP contribution is 2.31. The number of nitrogens with one attached hydrogen (secondary N) is 1. The second-order valence-electron chi connectivity index (χ2n) is 5.41. The number of ketones is 1. The maximum Gasteiger partial charge on any atom is 0.265 e. The van der Waals surface area contributed by atoms with Crippen LogP contribution in [0.3, 0.4) is 0 Å². The number of hydrogen-bond donors (Lipinski definition) is 1. The SMILES string of the molecule is CC(=O)c1ccc(NC(=O)C(C)Oc2cc(C)c(Cl)cc2Cl)cc1. The van der Waals surface area contributed by atoms with Gasteiger partial charge in [0.05, 0.1) is 5.02 Å². The van der Waals surface area contributed by atoms with Crippen molar-refractivity contribution in [1.29, 1.82) is 0 Å². The summed E-state index contributed by atoms with van der Waals surface area (Å²) in [5, 5.41) is 3.61. The normalized spacial score (nSPS) is 11.7. The Morgan fingerprint density at radius 3 is 2.29 bits per heavy atom. The second-order valence-corrected chi connectivity index (χ2v) is 6.23. The number of carbonyl (C=O) groups is 2. The molecule has 4 nitrogen and oxygen atoms in total. The molecule has 2 aromatic rings. The lowest BCUT2D eigenvalue weighted by atomic mass is 10.1. The summed E-state index contributed by atoms with van der Waals surface area (Å²) in [7, 11) is 0. The van der Waals surface area contributed by atoms with E-state index in [1.165, 1.54) is 6.92 Å². The molecular weight excluding hydrogens is 349 g/mol. The minimum Gasteiger partial charge on any atom is -0.479 e. The first kappa shape index (κ1) is 18.3. The minimum atomic E-state index is -0.754. The average Bonchev–Trinajstić information content (AvgIpc) is 2.53. The monoisotopic (exact) mass is 365 g/mol. The Morgan fingerprint density at radius 1 is 1.08 bits per heavy atom. The molecule has 24 heavy (non-hydrogen) atoms. The first-order valence-corrected chi connectivity index (χ1v) is 8.07. The maximum absolute atomic E-state index is 12.2. The molecule has 0 aliphatic rings. The number of anilines is 1. The average molecular weight is 366 g/mol. The number of aryl methyl sites for hydroxylation is 1. The summed E-state index contributed by atoms with van der Waals surface area (Å²) in [4.78, 5) is 23.5. The molecule has 2 rings (SSSR count). The van der Waals surface area contributed by atoms with Gasteiger partial charge in [0.25, 0.3) is 5.91 Å². The van der Waals surface area contributed by atoms with Gasteiger partial charge in [-0.05, 0) is 62.7 Å². The zero-order valence-electron chi connectivity index (χ0n) is 13.5. The molecule has 0 aliphatic heterocycles. The van der Waals surface area contributed by atoms with Gasteiger partial charge in [-0.25, -0.2) is 0 Å². The fraction of sp³-hybridized carbons (Fsp3) is 0.222. The molecule has 126 valence electrons. The fourth-order valence-corrected chi connectivity index (χ4v) is 2.42. The van der Waals surface area contributed by atoms with Gasteiger partial charge in [0, 0.05) is 16.3 Å². The summed E-state index contributed by atoms with van der Waals surface area (Å²) in [6.45, 7) is 4.94. The molecule has 1 unspecified atom stereocenters. The smallest absolute Gasteiger partial charge is 0.265 e. The van der Waals surface area contributed by atoms with Gasteiger partial charge in [0.2, 0.25) is 0 Å². The summed E-state index contributed by atoms with van der Waals surface area (Å²) < 4.78 is 5.62. The van der Waals surface area contributed by atoms with Crippen molar-refractivity contribution in [1.82, 2.24) is 0 Å². The van der Waals surface area contributed by atoms with E-state index in [-0.39, 0.29) is 11.7 Å². The Labute approximate surface area is 150 Å². The lowest BCUT2D eigenvalue weighted by Gasteiger charge is -2.16. The quantitative estimate of drug-likeness (QED) is 0.765. The molecule has 0 saturated carbocycles. The molecule has 0 saturated heterocycles. The number of halogens is 2. The van der Waals surface area contributed by atoms with Crippen molar-refractivity contribution in [2.45, 2.75) is 26.9 Å². The molecule has 0 fully saturated rings. The van der Waals surface area contributed by atoms with Gasteiger partial charge in [-0.2, -0.15) is 0 Å². The first-order valence-electron chi connectivity index (χ1n) is 7.32. The van der Waals surface area contributed by atoms with Crippen LogP contribution in [0.15, 0.2) is 36.4 Å². The lowest BCUT2D eigenvalue weighted by molar-refractivity contribution is -0.122. The van der Waals surface area contributed by atoms with Gasteiger partial charge in [-0.3, -0.25) is 9.59 Å². The second kappa shape index (κ2) is 7.69. The van der Waals surface area contributed by atoms with Crippen LogP contribution in [0.1, 0.15) is 29.8 Å². The molecule has 1 atom stereocenters. The Balaban J connectivity index is 2.04. The van der Waals surface area contributed by atoms with Crippen LogP contribution >= 0.6 is 23.2 Å². The molecule has 6 heteroatoms. The molecule has 1 amide bonds. The molecule has 2 aromatic carbocycles. The molecule has 0 spiro atoms. The van der Waals surface area contributed by atoms with E-state index in [0.717, 1.165) is 5.56 Å². The largest absolute Gasteiger partial charge is 0.479 e. The fourth-order valence-electron chi connectivity index (χ4n) is 2.00. The minimum absolute atomic E-state index is 0.0303. The molecule has 0 heterocycles. The van der Waals surface area contributed by atoms with Crippen molar-refractivity contribution in [2.24, 2.45) is 0 Å². The Morgan fingerprint density at radius 2 is 1.71 bits per heavy atom. The van der Waals surface area contributed by atoms with Gasteiger partial charge in [0.1, 0.15) is 5.75 Å². The van der Waals surface area contributed by atoms with Gasteiger partial charge >= 0.3 is 0 Å². The van der Waals surface area contributed by atoms with Crippen molar-refractivity contribution in [3.8, 4) is 5.75 Å². The van der Waals surface area contributed by atoms with E-state index in [0.29, 0.717) is 27.0 Å². The van der Waals surface area contributed by atoms with Gasteiger partial charge in [0.15, 0.2) is 11.9 Å². The third kappa shape index (κ3) is 4.49. The van der Waals surface area contributed by atoms with E-state index in [4.69, 9.17) is 27.9 Å². The van der Waals surface area contributed by atoms with Gasteiger partial charge in [-0.1, -0.05) is 23.2 Å². The van der Waals surface area contributed by atoms with Crippen LogP contribution in [-0.2, 0) is 4.79 Å². The zero-order valence-corrected chi connectivity index (χ0v) is 15.0. The van der Waals surface area contributed by atoms with Crippen molar-refractivity contribution in [3.63, 3.8) is 0 Å². The van der Waals surface area contributed by atoms with Crippen LogP contribution in [0.25, 0.3) is 0 Å². The summed E-state index contributed by atoms with van der Waals surface area (Å²) in [5.41, 5.74) is 1.98. The number of benzene rings is 2. The van der Waals surface area contributed by atoms with Gasteiger partial charge in [-0.15, -0.1) is 0 Å². The van der Waals surface area contributed by atoms with E-state index in [2.05, 4.69) is 5.32 Å². The van der Waals surface area contributed by atoms with E-state index in [1.54, 1.807) is 43.3 Å². The highest BCUT2D eigenvalue weighted by molar-refractivity contribution is 6.36. The van der Waals surface area contributed by atoms with Crippen molar-refractivity contribution < 1.29 is 14.3 Å². The van der Waals surface area contributed by atoms with E-state index < -0.39 is 6.10 Å². The van der Waals surface area contributed by atoms with Gasteiger partial charge < -0.3 is 10.1 Å². The number of rotatable bonds is 5. The summed E-state index contributed by atoms with van der Waals surface area (Å²) >= 11 is 12.1. The van der Waals surface area contributed by atoms with E-state index >= 15 is 0 Å². The van der Waals surface area contributed by atoms with Crippen LogP contribution in [0.4, 0.5) is 5.69 Å². The Kier molecular flexibility index (Phi) is 5.86. The van der Waals surface area contributed by atoms with Crippen LogP contribution in [-0.4, -0.2) is 17.8 Å². The Bertz CT molecular complexity index is 773. The highest BCUT2D eigenvalue weighted by atomic mass is 35.5. The van der Waals surface area contributed by atoms with Crippen LogP contribution in [0, 0.1) is 6.92 Å². The van der Waals surface area contributed by atoms with E-state index in [9.17, 15) is 9.59 Å². The predicted molar refractivity (Wildman–Crippen MR) is 96.4 cm³/mol. The molecule has 0 radical (unpaired) electrons. The summed E-state index contributed by atoms with van der Waals surface area (Å²) in [5.74, 6) is 0.0414. The summed E-state index contributed by atoms with van der Waals surface area (Å²) in [6.07, 6.45) is -0.754. The highest BCUT2D eigenvalue weighted by Gasteiger charge is 2.17. The third-order valence-electron chi connectivity index (χ3n) is 3.45. The molecule has 0 aromatic heterocycles. The van der Waals surface area contributed by atoms with Crippen LogP contribution in [0.5, 0.6) is 5.75 Å². The Hall–Kier alpha value is -2.04. The van der Waals surface area contributed by atoms with Crippen molar-refractivity contribution in [2.75, 3.05) is 5.32 Å². The molecule has 0 aliphatic carbocycles. The number of carbonyl (C=O) groups excluding carboxylic acids is 2. The number of Topliss-reactive ketones (excluding diaryl/α,β-unsaturated/α-hetero) is 1. The maximum atomic E-state index is 12.2. The molecule has 1 N–H and O–H groups in total. The first-order chi connectivity index (χ1) is 11.3.